The first-order valence-corrected chi connectivity index (χ1v) is 8.72. The van der Waals surface area contributed by atoms with Gasteiger partial charge in [0.05, 0.1) is 5.92 Å². The first-order chi connectivity index (χ1) is 12.7. The number of hydrogen-bond donors (Lipinski definition) is 0. The van der Waals surface area contributed by atoms with Crippen LogP contribution in [0.3, 0.4) is 0 Å². The van der Waals surface area contributed by atoms with Crippen molar-refractivity contribution >= 4 is 22.6 Å². The summed E-state index contributed by atoms with van der Waals surface area (Å²) in [7, 11) is 0. The van der Waals surface area contributed by atoms with Crippen molar-refractivity contribution in [1.82, 2.24) is 4.90 Å². The lowest BCUT2D eigenvalue weighted by Crippen LogP contribution is -2.27. The van der Waals surface area contributed by atoms with E-state index >= 15 is 0 Å². The fourth-order valence-corrected chi connectivity index (χ4v) is 3.36. The topological polar surface area (TPSA) is 46.6 Å². The van der Waals surface area contributed by atoms with Crippen LogP contribution in [0.2, 0.25) is 0 Å². The average molecular weight is 345 g/mol. The zero-order valence-corrected chi connectivity index (χ0v) is 14.3. The van der Waals surface area contributed by atoms with E-state index < -0.39 is 5.92 Å². The standard InChI is InChI=1S/C22H19NO3/c24-21-13-18(15-23(21)14-16-7-2-1-3-8-16)22(25)26-20-12-6-10-17-9-4-5-11-19(17)20/h1-12,18H,13-15H2/t18-/m1/s1. The minimum absolute atomic E-state index is 0.00581. The van der Waals surface area contributed by atoms with Crippen molar-refractivity contribution in [3.05, 3.63) is 78.4 Å². The lowest BCUT2D eigenvalue weighted by atomic mass is 10.1. The molecule has 1 heterocycles. The second kappa shape index (κ2) is 7.00. The monoisotopic (exact) mass is 345 g/mol. The number of hydrogen-bond acceptors (Lipinski definition) is 3. The highest BCUT2D eigenvalue weighted by atomic mass is 16.5. The van der Waals surface area contributed by atoms with Crippen LogP contribution in [0.5, 0.6) is 5.75 Å². The molecule has 0 radical (unpaired) electrons. The average Bonchev–Trinajstić information content (AvgIpc) is 3.03. The van der Waals surface area contributed by atoms with Crippen molar-refractivity contribution < 1.29 is 14.3 Å². The third-order valence-corrected chi connectivity index (χ3v) is 4.72. The molecule has 0 saturated carbocycles. The highest BCUT2D eigenvalue weighted by molar-refractivity contribution is 5.92. The van der Waals surface area contributed by atoms with Gasteiger partial charge in [-0.25, -0.2) is 0 Å². The number of nitrogens with zero attached hydrogens (tertiary/aromatic N) is 1. The molecule has 1 aliphatic heterocycles. The number of rotatable bonds is 4. The van der Waals surface area contributed by atoms with E-state index in [9.17, 15) is 9.59 Å². The molecule has 26 heavy (non-hydrogen) atoms. The van der Waals surface area contributed by atoms with E-state index in [1.54, 1.807) is 11.0 Å². The maximum atomic E-state index is 12.6. The van der Waals surface area contributed by atoms with E-state index in [1.165, 1.54) is 0 Å². The number of carbonyl (C=O) groups is 2. The molecule has 130 valence electrons. The van der Waals surface area contributed by atoms with E-state index in [2.05, 4.69) is 0 Å². The molecule has 1 saturated heterocycles. The Kier molecular flexibility index (Phi) is 4.40. The van der Waals surface area contributed by atoms with Crippen LogP contribution >= 0.6 is 0 Å². The molecule has 0 aromatic heterocycles. The summed E-state index contributed by atoms with van der Waals surface area (Å²) in [6.07, 6.45) is 0.205. The molecule has 0 bridgehead atoms. The van der Waals surface area contributed by atoms with Crippen molar-refractivity contribution in [2.75, 3.05) is 6.54 Å². The Balaban J connectivity index is 1.46. The summed E-state index contributed by atoms with van der Waals surface area (Å²) in [6.45, 7) is 0.926. The number of esters is 1. The lowest BCUT2D eigenvalue weighted by molar-refractivity contribution is -0.139. The molecule has 4 nitrogen and oxygen atoms in total. The Morgan fingerprint density at radius 2 is 1.69 bits per heavy atom. The number of amides is 1. The number of benzene rings is 3. The van der Waals surface area contributed by atoms with E-state index in [-0.39, 0.29) is 18.3 Å². The molecule has 0 unspecified atom stereocenters. The molecule has 1 amide bonds. The molecule has 3 aromatic rings. The van der Waals surface area contributed by atoms with E-state index in [4.69, 9.17) is 4.74 Å². The highest BCUT2D eigenvalue weighted by Gasteiger charge is 2.35. The highest BCUT2D eigenvalue weighted by Crippen LogP contribution is 2.28. The van der Waals surface area contributed by atoms with Gasteiger partial charge in [0.25, 0.3) is 0 Å². The van der Waals surface area contributed by atoms with Crippen LogP contribution in [-0.2, 0) is 16.1 Å². The molecular weight excluding hydrogens is 326 g/mol. The van der Waals surface area contributed by atoms with Gasteiger partial charge in [0.1, 0.15) is 5.75 Å². The van der Waals surface area contributed by atoms with E-state index in [1.807, 2.05) is 66.7 Å². The summed E-state index contributed by atoms with van der Waals surface area (Å²) in [5, 5.41) is 1.92. The van der Waals surface area contributed by atoms with Gasteiger partial charge in [0.2, 0.25) is 5.91 Å². The summed E-state index contributed by atoms with van der Waals surface area (Å²) in [5.74, 6) is -0.230. The Hall–Kier alpha value is -3.14. The minimum atomic E-state index is -0.426. The second-order valence-electron chi connectivity index (χ2n) is 6.56. The Bertz CT molecular complexity index is 947. The molecule has 4 rings (SSSR count). The van der Waals surface area contributed by atoms with Crippen LogP contribution in [0, 0.1) is 5.92 Å². The fraction of sp³-hybridized carbons (Fsp3) is 0.182. The van der Waals surface area contributed by atoms with Gasteiger partial charge in [-0.05, 0) is 17.0 Å². The van der Waals surface area contributed by atoms with E-state index in [0.717, 1.165) is 16.3 Å². The quantitative estimate of drug-likeness (QED) is 0.534. The number of carbonyl (C=O) groups excluding carboxylic acids is 2. The van der Waals surface area contributed by atoms with Gasteiger partial charge in [-0.15, -0.1) is 0 Å². The Morgan fingerprint density at radius 3 is 2.54 bits per heavy atom. The molecule has 1 fully saturated rings. The molecule has 4 heteroatoms. The summed E-state index contributed by atoms with van der Waals surface area (Å²) in [5.41, 5.74) is 1.06. The number of likely N-dealkylation sites (tertiary alicyclic amines) is 1. The van der Waals surface area contributed by atoms with Gasteiger partial charge in [-0.3, -0.25) is 9.59 Å². The van der Waals surface area contributed by atoms with Gasteiger partial charge in [-0.2, -0.15) is 0 Å². The van der Waals surface area contributed by atoms with Crippen molar-refractivity contribution in [2.24, 2.45) is 5.92 Å². The zero-order chi connectivity index (χ0) is 17.9. The van der Waals surface area contributed by atoms with E-state index in [0.29, 0.717) is 18.8 Å². The van der Waals surface area contributed by atoms with Crippen molar-refractivity contribution in [2.45, 2.75) is 13.0 Å². The zero-order valence-electron chi connectivity index (χ0n) is 14.3. The predicted molar refractivity (Wildman–Crippen MR) is 99.5 cm³/mol. The normalized spacial score (nSPS) is 16.8. The number of fused-ring (bicyclic) bond motifs is 1. The van der Waals surface area contributed by atoms with Crippen LogP contribution < -0.4 is 4.74 Å². The van der Waals surface area contributed by atoms with Gasteiger partial charge in [0.15, 0.2) is 0 Å². The second-order valence-corrected chi connectivity index (χ2v) is 6.56. The Morgan fingerprint density at radius 1 is 0.962 bits per heavy atom. The summed E-state index contributed by atoms with van der Waals surface area (Å²) in [6, 6.07) is 23.2. The van der Waals surface area contributed by atoms with Crippen LogP contribution in [0.4, 0.5) is 0 Å². The van der Waals surface area contributed by atoms with Crippen molar-refractivity contribution in [3.8, 4) is 5.75 Å². The molecule has 0 spiro atoms. The smallest absolute Gasteiger partial charge is 0.316 e. The molecule has 3 aromatic carbocycles. The summed E-state index contributed by atoms with van der Waals surface area (Å²) >= 11 is 0. The van der Waals surface area contributed by atoms with Gasteiger partial charge in [-0.1, -0.05) is 66.7 Å². The van der Waals surface area contributed by atoms with Gasteiger partial charge in [0, 0.05) is 24.9 Å². The molecule has 0 N–H and O–H groups in total. The molecular formula is C22H19NO3. The van der Waals surface area contributed by atoms with Crippen molar-refractivity contribution in [1.29, 1.82) is 0 Å². The van der Waals surface area contributed by atoms with Crippen molar-refractivity contribution in [3.63, 3.8) is 0 Å². The van der Waals surface area contributed by atoms with Crippen LogP contribution in [0.25, 0.3) is 10.8 Å². The van der Waals surface area contributed by atoms with Crippen LogP contribution in [0.1, 0.15) is 12.0 Å². The minimum Gasteiger partial charge on any atom is -0.426 e. The molecule has 1 atom stereocenters. The lowest BCUT2D eigenvalue weighted by Gasteiger charge is -2.16. The first kappa shape index (κ1) is 16.3. The Labute approximate surface area is 152 Å². The third-order valence-electron chi connectivity index (χ3n) is 4.72. The van der Waals surface area contributed by atoms with Gasteiger partial charge >= 0.3 is 5.97 Å². The van der Waals surface area contributed by atoms with Crippen LogP contribution in [-0.4, -0.2) is 23.3 Å². The maximum absolute atomic E-state index is 12.6. The summed E-state index contributed by atoms with van der Waals surface area (Å²) < 4.78 is 5.64. The maximum Gasteiger partial charge on any atom is 0.316 e. The summed E-state index contributed by atoms with van der Waals surface area (Å²) in [4.78, 5) is 26.6. The SMILES string of the molecule is O=C(Oc1cccc2ccccc12)[C@@H]1CC(=O)N(Cc2ccccc2)C1. The third kappa shape index (κ3) is 3.31. The van der Waals surface area contributed by atoms with Gasteiger partial charge < -0.3 is 9.64 Å². The fourth-order valence-electron chi connectivity index (χ4n) is 3.36. The van der Waals surface area contributed by atoms with Crippen LogP contribution in [0.15, 0.2) is 72.8 Å². The number of ether oxygens (including phenoxy) is 1. The largest absolute Gasteiger partial charge is 0.426 e. The molecule has 1 aliphatic rings. The predicted octanol–water partition coefficient (Wildman–Crippen LogP) is 3.79. The molecule has 0 aliphatic carbocycles. The first-order valence-electron chi connectivity index (χ1n) is 8.72.